The van der Waals surface area contributed by atoms with Crippen LogP contribution in [0.2, 0.25) is 0 Å². The topological polar surface area (TPSA) is 62.5 Å². The second-order valence-electron chi connectivity index (χ2n) is 5.72. The van der Waals surface area contributed by atoms with Crippen LogP contribution in [0.5, 0.6) is 0 Å². The Morgan fingerprint density at radius 1 is 1.33 bits per heavy atom. The van der Waals surface area contributed by atoms with Crippen molar-refractivity contribution in [2.75, 3.05) is 32.7 Å². The van der Waals surface area contributed by atoms with Gasteiger partial charge in [0.2, 0.25) is 0 Å². The minimum atomic E-state index is 0.0951. The van der Waals surface area contributed by atoms with Crippen molar-refractivity contribution >= 4 is 5.91 Å². The average Bonchev–Trinajstić information content (AvgIpc) is 2.52. The molecule has 0 radical (unpaired) electrons. The third-order valence-electron chi connectivity index (χ3n) is 4.21. The van der Waals surface area contributed by atoms with Gasteiger partial charge in [-0.25, -0.2) is 0 Å². The number of carbonyl (C=O) groups is 1. The maximum absolute atomic E-state index is 12.5. The Hall–Kier alpha value is -1.46. The summed E-state index contributed by atoms with van der Waals surface area (Å²) in [6, 6.07) is 2.46. The summed E-state index contributed by atoms with van der Waals surface area (Å²) in [5.74, 6) is 0.0951. The number of rotatable bonds is 5. The molecule has 21 heavy (non-hydrogen) atoms. The zero-order chi connectivity index (χ0) is 15.2. The number of piperazine rings is 1. The molecule has 1 fully saturated rings. The van der Waals surface area contributed by atoms with E-state index in [2.05, 4.69) is 16.8 Å². The van der Waals surface area contributed by atoms with Crippen LogP contribution in [0.25, 0.3) is 0 Å². The number of aryl methyl sites for hydroxylation is 1. The zero-order valence-electron chi connectivity index (χ0n) is 13.1. The molecule has 1 aliphatic heterocycles. The van der Waals surface area contributed by atoms with Gasteiger partial charge in [-0.1, -0.05) is 6.92 Å². The number of carbonyl (C=O) groups excluding carboxylic acids is 1. The summed E-state index contributed by atoms with van der Waals surface area (Å²) in [5, 5.41) is 0. The number of nitrogens with zero attached hydrogens (tertiary/aromatic N) is 3. The van der Waals surface area contributed by atoms with Gasteiger partial charge < -0.3 is 10.6 Å². The summed E-state index contributed by atoms with van der Waals surface area (Å²) in [7, 11) is 0. The molecule has 2 rings (SSSR count). The van der Waals surface area contributed by atoms with E-state index in [0.29, 0.717) is 11.6 Å². The lowest BCUT2D eigenvalue weighted by Crippen LogP contribution is -2.52. The Morgan fingerprint density at radius 3 is 2.62 bits per heavy atom. The van der Waals surface area contributed by atoms with Crippen LogP contribution in [-0.4, -0.2) is 59.5 Å². The molecule has 0 aliphatic carbocycles. The first-order valence-corrected chi connectivity index (χ1v) is 7.80. The van der Waals surface area contributed by atoms with Gasteiger partial charge in [0.25, 0.3) is 5.91 Å². The van der Waals surface area contributed by atoms with E-state index in [1.807, 2.05) is 17.9 Å². The molecule has 1 aromatic heterocycles. The van der Waals surface area contributed by atoms with E-state index in [-0.39, 0.29) is 5.91 Å². The summed E-state index contributed by atoms with van der Waals surface area (Å²) in [5.41, 5.74) is 7.39. The molecule has 0 saturated carbocycles. The van der Waals surface area contributed by atoms with Crippen molar-refractivity contribution in [2.24, 2.45) is 5.73 Å². The monoisotopic (exact) mass is 290 g/mol. The second kappa shape index (κ2) is 7.52. The van der Waals surface area contributed by atoms with Crippen LogP contribution in [0.1, 0.15) is 35.7 Å². The van der Waals surface area contributed by atoms with Crippen LogP contribution in [0.15, 0.2) is 18.5 Å². The highest BCUT2D eigenvalue weighted by atomic mass is 16.2. The third-order valence-corrected chi connectivity index (χ3v) is 4.21. The largest absolute Gasteiger partial charge is 0.336 e. The Morgan fingerprint density at radius 2 is 2.05 bits per heavy atom. The molecule has 1 unspecified atom stereocenters. The Kier molecular flexibility index (Phi) is 5.70. The maximum Gasteiger partial charge on any atom is 0.255 e. The molecule has 1 aliphatic rings. The molecule has 116 valence electrons. The van der Waals surface area contributed by atoms with Crippen LogP contribution >= 0.6 is 0 Å². The summed E-state index contributed by atoms with van der Waals surface area (Å²) in [6.45, 7) is 8.33. The number of nitrogens with two attached hydrogens (primary N) is 1. The Labute approximate surface area is 127 Å². The van der Waals surface area contributed by atoms with Crippen molar-refractivity contribution in [2.45, 2.75) is 32.7 Å². The first-order chi connectivity index (χ1) is 10.2. The van der Waals surface area contributed by atoms with Gasteiger partial charge in [0.1, 0.15) is 0 Å². The van der Waals surface area contributed by atoms with E-state index >= 15 is 0 Å². The van der Waals surface area contributed by atoms with Gasteiger partial charge in [-0.15, -0.1) is 0 Å². The third kappa shape index (κ3) is 4.02. The normalized spacial score (nSPS) is 17.8. The summed E-state index contributed by atoms with van der Waals surface area (Å²) in [6.07, 6.45) is 5.58. The standard InChI is InChI=1S/C16H26N4O/c1-3-15(4-5-17)19-6-8-20(9-7-19)16(21)14-10-13(2)11-18-12-14/h10-12,15H,3-9,17H2,1-2H3. The molecule has 1 aromatic rings. The number of hydrogen-bond acceptors (Lipinski definition) is 4. The minimum Gasteiger partial charge on any atom is -0.336 e. The SMILES string of the molecule is CCC(CCN)N1CCN(C(=O)c2cncc(C)c2)CC1. The fraction of sp³-hybridized carbons (Fsp3) is 0.625. The molecular formula is C16H26N4O. The van der Waals surface area contributed by atoms with Gasteiger partial charge in [0, 0.05) is 44.6 Å². The highest BCUT2D eigenvalue weighted by molar-refractivity contribution is 5.94. The molecule has 0 bridgehead atoms. The van der Waals surface area contributed by atoms with E-state index < -0.39 is 0 Å². The number of aromatic nitrogens is 1. The van der Waals surface area contributed by atoms with Crippen molar-refractivity contribution in [1.82, 2.24) is 14.8 Å². The fourth-order valence-corrected chi connectivity index (χ4v) is 2.98. The molecule has 0 aromatic carbocycles. The predicted octanol–water partition coefficient (Wildman–Crippen LogP) is 1.28. The second-order valence-corrected chi connectivity index (χ2v) is 5.72. The molecule has 5 nitrogen and oxygen atoms in total. The van der Waals surface area contributed by atoms with Crippen LogP contribution < -0.4 is 5.73 Å². The van der Waals surface area contributed by atoms with Crippen LogP contribution in [0.4, 0.5) is 0 Å². The average molecular weight is 290 g/mol. The van der Waals surface area contributed by atoms with E-state index in [9.17, 15) is 4.79 Å². The van der Waals surface area contributed by atoms with Crippen molar-refractivity contribution in [3.05, 3.63) is 29.6 Å². The summed E-state index contributed by atoms with van der Waals surface area (Å²) >= 11 is 0. The lowest BCUT2D eigenvalue weighted by atomic mass is 10.1. The molecular weight excluding hydrogens is 264 g/mol. The molecule has 2 N–H and O–H groups in total. The number of pyridine rings is 1. The van der Waals surface area contributed by atoms with Gasteiger partial charge in [-0.2, -0.15) is 0 Å². The van der Waals surface area contributed by atoms with E-state index in [0.717, 1.165) is 51.1 Å². The van der Waals surface area contributed by atoms with Crippen LogP contribution in [0.3, 0.4) is 0 Å². The van der Waals surface area contributed by atoms with E-state index in [4.69, 9.17) is 5.73 Å². The molecule has 2 heterocycles. The number of hydrogen-bond donors (Lipinski definition) is 1. The lowest BCUT2D eigenvalue weighted by Gasteiger charge is -2.39. The van der Waals surface area contributed by atoms with Crippen molar-refractivity contribution in [1.29, 1.82) is 0 Å². The molecule has 1 saturated heterocycles. The fourth-order valence-electron chi connectivity index (χ4n) is 2.98. The van der Waals surface area contributed by atoms with Gasteiger partial charge >= 0.3 is 0 Å². The summed E-state index contributed by atoms with van der Waals surface area (Å²) in [4.78, 5) is 21.0. The minimum absolute atomic E-state index is 0.0951. The number of amides is 1. The van der Waals surface area contributed by atoms with Gasteiger partial charge in [-0.05, 0) is 37.9 Å². The van der Waals surface area contributed by atoms with E-state index in [1.54, 1.807) is 12.4 Å². The molecule has 0 spiro atoms. The summed E-state index contributed by atoms with van der Waals surface area (Å²) < 4.78 is 0. The Bertz CT molecular complexity index is 469. The smallest absolute Gasteiger partial charge is 0.255 e. The van der Waals surface area contributed by atoms with Gasteiger partial charge in [-0.3, -0.25) is 14.7 Å². The highest BCUT2D eigenvalue weighted by Gasteiger charge is 2.25. The zero-order valence-corrected chi connectivity index (χ0v) is 13.1. The lowest BCUT2D eigenvalue weighted by molar-refractivity contribution is 0.0556. The first-order valence-electron chi connectivity index (χ1n) is 7.80. The van der Waals surface area contributed by atoms with Crippen molar-refractivity contribution < 1.29 is 4.79 Å². The first kappa shape index (κ1) is 15.9. The molecule has 1 amide bonds. The Balaban J connectivity index is 1.93. The highest BCUT2D eigenvalue weighted by Crippen LogP contribution is 2.14. The predicted molar refractivity (Wildman–Crippen MR) is 84.2 cm³/mol. The molecule has 5 heteroatoms. The maximum atomic E-state index is 12.5. The van der Waals surface area contributed by atoms with Crippen molar-refractivity contribution in [3.8, 4) is 0 Å². The van der Waals surface area contributed by atoms with Crippen LogP contribution in [0, 0.1) is 6.92 Å². The van der Waals surface area contributed by atoms with Gasteiger partial charge in [0.05, 0.1) is 5.56 Å². The van der Waals surface area contributed by atoms with Crippen molar-refractivity contribution in [3.63, 3.8) is 0 Å². The quantitative estimate of drug-likeness (QED) is 0.887. The van der Waals surface area contributed by atoms with E-state index in [1.165, 1.54) is 0 Å². The molecule has 1 atom stereocenters. The van der Waals surface area contributed by atoms with Crippen LogP contribution in [-0.2, 0) is 0 Å². The van der Waals surface area contributed by atoms with Gasteiger partial charge in [0.15, 0.2) is 0 Å².